The van der Waals surface area contributed by atoms with Gasteiger partial charge >= 0.3 is 6.03 Å². The average Bonchev–Trinajstić information content (AvgIpc) is 2.86. The molecular formula is C18H22N4O4. The number of piperidine rings is 1. The molecular weight excluding hydrogens is 336 g/mol. The van der Waals surface area contributed by atoms with Crippen LogP contribution < -0.4 is 16.0 Å². The Balaban J connectivity index is 1.66. The third-order valence-electron chi connectivity index (χ3n) is 4.64. The first-order valence-electron chi connectivity index (χ1n) is 8.73. The fraction of sp³-hybridized carbons (Fsp3) is 0.444. The highest BCUT2D eigenvalue weighted by molar-refractivity contribution is 6.22. The summed E-state index contributed by atoms with van der Waals surface area (Å²) in [6.45, 7) is 5.04. The molecule has 26 heavy (non-hydrogen) atoms. The SMILES string of the molecule is CC(C)N1C(=O)c2ccc(NC(=O)NC(=O)C3CCNCC3)cc2C1=O. The van der Waals surface area contributed by atoms with Crippen molar-refractivity contribution >= 4 is 29.4 Å². The third-order valence-corrected chi connectivity index (χ3v) is 4.64. The van der Waals surface area contributed by atoms with E-state index in [1.165, 1.54) is 17.0 Å². The molecule has 5 amide bonds. The molecule has 3 N–H and O–H groups in total. The van der Waals surface area contributed by atoms with Gasteiger partial charge < -0.3 is 10.6 Å². The molecule has 0 aliphatic carbocycles. The summed E-state index contributed by atoms with van der Waals surface area (Å²) in [5.74, 6) is -1.20. The van der Waals surface area contributed by atoms with Gasteiger partial charge in [-0.15, -0.1) is 0 Å². The second-order valence-electron chi connectivity index (χ2n) is 6.80. The van der Waals surface area contributed by atoms with E-state index >= 15 is 0 Å². The molecule has 0 atom stereocenters. The first kappa shape index (κ1) is 18.1. The molecule has 2 heterocycles. The van der Waals surface area contributed by atoms with Crippen LogP contribution in [0.3, 0.4) is 0 Å². The lowest BCUT2D eigenvalue weighted by molar-refractivity contribution is -0.124. The zero-order valence-electron chi connectivity index (χ0n) is 14.8. The number of amides is 5. The lowest BCUT2D eigenvalue weighted by Crippen LogP contribution is -2.42. The number of hydrogen-bond acceptors (Lipinski definition) is 5. The smallest absolute Gasteiger partial charge is 0.317 e. The monoisotopic (exact) mass is 358 g/mol. The molecule has 0 unspecified atom stereocenters. The van der Waals surface area contributed by atoms with Crippen molar-refractivity contribution in [2.45, 2.75) is 32.7 Å². The van der Waals surface area contributed by atoms with E-state index in [4.69, 9.17) is 0 Å². The van der Waals surface area contributed by atoms with Crippen molar-refractivity contribution in [2.24, 2.45) is 5.92 Å². The van der Waals surface area contributed by atoms with Gasteiger partial charge in [0.05, 0.1) is 11.1 Å². The van der Waals surface area contributed by atoms with Gasteiger partial charge in [-0.3, -0.25) is 24.6 Å². The van der Waals surface area contributed by atoms with Crippen LogP contribution in [0, 0.1) is 5.92 Å². The van der Waals surface area contributed by atoms with Crippen molar-refractivity contribution in [1.29, 1.82) is 0 Å². The molecule has 3 rings (SSSR count). The van der Waals surface area contributed by atoms with Gasteiger partial charge in [0.25, 0.3) is 11.8 Å². The van der Waals surface area contributed by atoms with E-state index in [0.717, 1.165) is 13.1 Å². The highest BCUT2D eigenvalue weighted by Crippen LogP contribution is 2.27. The highest BCUT2D eigenvalue weighted by atomic mass is 16.2. The second-order valence-corrected chi connectivity index (χ2v) is 6.80. The number of nitrogens with one attached hydrogen (secondary N) is 3. The molecule has 2 aliphatic heterocycles. The fourth-order valence-corrected chi connectivity index (χ4v) is 3.27. The third kappa shape index (κ3) is 3.45. The Hall–Kier alpha value is -2.74. The molecule has 8 heteroatoms. The molecule has 0 bridgehead atoms. The molecule has 0 saturated carbocycles. The maximum absolute atomic E-state index is 12.4. The van der Waals surface area contributed by atoms with Crippen molar-refractivity contribution < 1.29 is 19.2 Å². The molecule has 0 radical (unpaired) electrons. The van der Waals surface area contributed by atoms with Gasteiger partial charge in [-0.1, -0.05) is 0 Å². The topological polar surface area (TPSA) is 108 Å². The predicted octanol–water partition coefficient (Wildman–Crippen LogP) is 1.34. The molecule has 1 fully saturated rings. The van der Waals surface area contributed by atoms with Gasteiger partial charge in [0.1, 0.15) is 0 Å². The molecule has 0 aromatic heterocycles. The summed E-state index contributed by atoms with van der Waals surface area (Å²) < 4.78 is 0. The number of carbonyl (C=O) groups excluding carboxylic acids is 4. The van der Waals surface area contributed by atoms with Crippen LogP contribution in [0.2, 0.25) is 0 Å². The number of hydrogen-bond donors (Lipinski definition) is 3. The molecule has 1 saturated heterocycles. The summed E-state index contributed by atoms with van der Waals surface area (Å²) in [7, 11) is 0. The summed E-state index contributed by atoms with van der Waals surface area (Å²) >= 11 is 0. The summed E-state index contributed by atoms with van der Waals surface area (Å²) in [5, 5.41) is 8.05. The lowest BCUT2D eigenvalue weighted by atomic mass is 9.97. The van der Waals surface area contributed by atoms with Crippen molar-refractivity contribution in [1.82, 2.24) is 15.5 Å². The fourth-order valence-electron chi connectivity index (χ4n) is 3.27. The Kier molecular flexibility index (Phi) is 5.03. The first-order chi connectivity index (χ1) is 12.4. The van der Waals surface area contributed by atoms with Crippen LogP contribution in [0.1, 0.15) is 47.4 Å². The van der Waals surface area contributed by atoms with Crippen LogP contribution in [0.5, 0.6) is 0 Å². The van der Waals surface area contributed by atoms with E-state index in [0.29, 0.717) is 24.1 Å². The van der Waals surface area contributed by atoms with E-state index in [9.17, 15) is 19.2 Å². The quantitative estimate of drug-likeness (QED) is 0.707. The number of imide groups is 2. The van der Waals surface area contributed by atoms with Crippen LogP contribution in [0.4, 0.5) is 10.5 Å². The summed E-state index contributed by atoms with van der Waals surface area (Å²) in [6.07, 6.45) is 1.39. The zero-order chi connectivity index (χ0) is 18.8. The van der Waals surface area contributed by atoms with Gasteiger partial charge in [-0.2, -0.15) is 0 Å². The van der Waals surface area contributed by atoms with E-state index < -0.39 is 6.03 Å². The number of rotatable bonds is 3. The van der Waals surface area contributed by atoms with E-state index in [2.05, 4.69) is 16.0 Å². The number of fused-ring (bicyclic) bond motifs is 1. The molecule has 138 valence electrons. The highest BCUT2D eigenvalue weighted by Gasteiger charge is 2.37. The Morgan fingerprint density at radius 3 is 2.42 bits per heavy atom. The molecule has 1 aromatic rings. The minimum Gasteiger partial charge on any atom is -0.317 e. The largest absolute Gasteiger partial charge is 0.325 e. The molecule has 0 spiro atoms. The van der Waals surface area contributed by atoms with E-state index in [1.54, 1.807) is 19.9 Å². The maximum atomic E-state index is 12.4. The van der Waals surface area contributed by atoms with Crippen LogP contribution in [-0.4, -0.2) is 47.8 Å². The first-order valence-corrected chi connectivity index (χ1v) is 8.73. The summed E-state index contributed by atoms with van der Waals surface area (Å²) in [5.41, 5.74) is 0.928. The van der Waals surface area contributed by atoms with Gasteiger partial charge in [-0.25, -0.2) is 4.79 Å². The Morgan fingerprint density at radius 1 is 1.12 bits per heavy atom. The number of benzene rings is 1. The van der Waals surface area contributed by atoms with Crippen LogP contribution in [0.15, 0.2) is 18.2 Å². The molecule has 8 nitrogen and oxygen atoms in total. The minimum absolute atomic E-state index is 0.180. The summed E-state index contributed by atoms with van der Waals surface area (Å²) in [6, 6.07) is 3.63. The lowest BCUT2D eigenvalue weighted by Gasteiger charge is -2.21. The second kappa shape index (κ2) is 7.25. The number of carbonyl (C=O) groups is 4. The Bertz CT molecular complexity index is 768. The molecule has 2 aliphatic rings. The number of urea groups is 1. The zero-order valence-corrected chi connectivity index (χ0v) is 14.8. The van der Waals surface area contributed by atoms with Crippen molar-refractivity contribution in [2.75, 3.05) is 18.4 Å². The van der Waals surface area contributed by atoms with Gasteiger partial charge in [0, 0.05) is 17.6 Å². The average molecular weight is 358 g/mol. The number of anilines is 1. The maximum Gasteiger partial charge on any atom is 0.325 e. The standard InChI is InChI=1S/C18H22N4O4/c1-10(2)22-16(24)13-4-3-12(9-14(13)17(22)25)20-18(26)21-15(23)11-5-7-19-8-6-11/h3-4,9-11,19H,5-8H2,1-2H3,(H2,20,21,23,26). The minimum atomic E-state index is -0.647. The van der Waals surface area contributed by atoms with Gasteiger partial charge in [-0.05, 0) is 58.0 Å². The molecule has 1 aromatic carbocycles. The predicted molar refractivity (Wildman–Crippen MR) is 94.8 cm³/mol. The Morgan fingerprint density at radius 2 is 1.77 bits per heavy atom. The summed E-state index contributed by atoms with van der Waals surface area (Å²) in [4.78, 5) is 50.0. The van der Waals surface area contributed by atoms with Crippen molar-refractivity contribution in [3.05, 3.63) is 29.3 Å². The van der Waals surface area contributed by atoms with E-state index in [-0.39, 0.29) is 35.2 Å². The van der Waals surface area contributed by atoms with Gasteiger partial charge in [0.15, 0.2) is 0 Å². The van der Waals surface area contributed by atoms with Crippen LogP contribution >= 0.6 is 0 Å². The van der Waals surface area contributed by atoms with Crippen LogP contribution in [-0.2, 0) is 4.79 Å². The number of nitrogens with zero attached hydrogens (tertiary/aromatic N) is 1. The van der Waals surface area contributed by atoms with Crippen molar-refractivity contribution in [3.8, 4) is 0 Å². The Labute approximate surface area is 151 Å². The van der Waals surface area contributed by atoms with Crippen molar-refractivity contribution in [3.63, 3.8) is 0 Å². The van der Waals surface area contributed by atoms with Gasteiger partial charge in [0.2, 0.25) is 5.91 Å². The van der Waals surface area contributed by atoms with E-state index in [1.807, 2.05) is 0 Å². The normalized spacial score (nSPS) is 17.4. The van der Waals surface area contributed by atoms with Crippen LogP contribution in [0.25, 0.3) is 0 Å².